The zero-order chi connectivity index (χ0) is 19.9. The number of hydrogen-bond donors (Lipinski definition) is 2. The van der Waals surface area contributed by atoms with Crippen LogP contribution in [-0.2, 0) is 6.18 Å². The highest BCUT2D eigenvalue weighted by Crippen LogP contribution is 2.32. The van der Waals surface area contributed by atoms with Gasteiger partial charge in [0.25, 0.3) is 5.56 Å². The van der Waals surface area contributed by atoms with Crippen molar-refractivity contribution in [2.75, 3.05) is 25.5 Å². The quantitative estimate of drug-likeness (QED) is 0.725. The van der Waals surface area contributed by atoms with Gasteiger partial charge in [-0.1, -0.05) is 18.2 Å². The number of nitrogens with zero attached hydrogens (tertiary/aromatic N) is 3. The van der Waals surface area contributed by atoms with Crippen LogP contribution < -0.4 is 16.2 Å². The number of anilines is 1. The van der Waals surface area contributed by atoms with Crippen LogP contribution in [0, 0.1) is 0 Å². The van der Waals surface area contributed by atoms with E-state index in [0.29, 0.717) is 35.7 Å². The zero-order valence-corrected chi connectivity index (χ0v) is 14.8. The molecule has 1 aromatic carbocycles. The Labute approximate surface area is 157 Å². The number of nitrogens with one attached hydrogen (secondary N) is 2. The molecule has 9 heteroatoms. The van der Waals surface area contributed by atoms with Crippen LogP contribution >= 0.6 is 0 Å². The zero-order valence-electron chi connectivity index (χ0n) is 14.8. The van der Waals surface area contributed by atoms with Crippen molar-refractivity contribution in [3.8, 4) is 5.69 Å². The Balaban J connectivity index is 2.16. The van der Waals surface area contributed by atoms with Crippen LogP contribution in [0.15, 0.2) is 52.3 Å². The van der Waals surface area contributed by atoms with Gasteiger partial charge in [-0.15, -0.1) is 0 Å². The Morgan fingerprint density at radius 1 is 1.14 bits per heavy atom. The van der Waals surface area contributed by atoms with Gasteiger partial charge in [-0.05, 0) is 24.3 Å². The Bertz CT molecular complexity index is 1140. The molecule has 4 rings (SSSR count). The van der Waals surface area contributed by atoms with Gasteiger partial charge in [0.15, 0.2) is 0 Å². The summed E-state index contributed by atoms with van der Waals surface area (Å²) in [6, 6.07) is 10.7. The monoisotopic (exact) mass is 387 g/mol. The van der Waals surface area contributed by atoms with Gasteiger partial charge in [0.05, 0.1) is 17.9 Å². The molecule has 0 atom stereocenters. The van der Waals surface area contributed by atoms with Crippen LogP contribution in [0.4, 0.5) is 18.9 Å². The summed E-state index contributed by atoms with van der Waals surface area (Å²) in [5, 5.41) is 6.40. The maximum atomic E-state index is 13.4. The van der Waals surface area contributed by atoms with Gasteiger partial charge >= 0.3 is 6.18 Å². The molecule has 1 aliphatic rings. The average molecular weight is 387 g/mol. The van der Waals surface area contributed by atoms with Crippen molar-refractivity contribution >= 4 is 22.6 Å². The predicted octanol–water partition coefficient (Wildman–Crippen LogP) is 2.80. The van der Waals surface area contributed by atoms with Gasteiger partial charge < -0.3 is 10.6 Å². The summed E-state index contributed by atoms with van der Waals surface area (Å²) >= 11 is 0. The molecule has 0 spiro atoms. The Hall–Kier alpha value is -3.36. The number of aromatic nitrogens is 2. The summed E-state index contributed by atoms with van der Waals surface area (Å²) in [6.45, 7) is 1.11. The van der Waals surface area contributed by atoms with E-state index in [-0.39, 0.29) is 11.2 Å². The lowest BCUT2D eigenvalue weighted by atomic mass is 10.1. The third-order valence-corrected chi connectivity index (χ3v) is 4.49. The number of pyridine rings is 2. The molecule has 3 aromatic rings. The van der Waals surface area contributed by atoms with Gasteiger partial charge in [-0.25, -0.2) is 4.98 Å². The maximum absolute atomic E-state index is 13.4. The summed E-state index contributed by atoms with van der Waals surface area (Å²) in [6.07, 6.45) is -4.62. The number of alkyl halides is 3. The Kier molecular flexibility index (Phi) is 4.29. The van der Waals surface area contributed by atoms with E-state index in [9.17, 15) is 18.0 Å². The standard InChI is InChI=1S/C19H16F3N5O/c1-23-15-12-7-8-13(19(20,21)22)26-17(12)27(11-5-3-2-4-6-11)18(28)14(15)16-24-9-10-25-16/h2-8,23H,9-10H2,1H3,(H,24,25). The van der Waals surface area contributed by atoms with E-state index in [1.54, 1.807) is 37.4 Å². The van der Waals surface area contributed by atoms with Crippen molar-refractivity contribution in [2.24, 2.45) is 4.99 Å². The first-order chi connectivity index (χ1) is 13.4. The Morgan fingerprint density at radius 3 is 2.50 bits per heavy atom. The van der Waals surface area contributed by atoms with E-state index in [2.05, 4.69) is 20.6 Å². The third kappa shape index (κ3) is 2.88. The maximum Gasteiger partial charge on any atom is 0.433 e. The highest BCUT2D eigenvalue weighted by atomic mass is 19.4. The molecule has 1 aliphatic heterocycles. The van der Waals surface area contributed by atoms with E-state index in [1.165, 1.54) is 10.6 Å². The van der Waals surface area contributed by atoms with Gasteiger partial charge in [-0.2, -0.15) is 13.2 Å². The summed E-state index contributed by atoms with van der Waals surface area (Å²) in [7, 11) is 1.61. The van der Waals surface area contributed by atoms with Crippen molar-refractivity contribution in [1.82, 2.24) is 14.9 Å². The predicted molar refractivity (Wildman–Crippen MR) is 101 cm³/mol. The molecule has 0 amide bonds. The molecule has 144 valence electrons. The van der Waals surface area contributed by atoms with Gasteiger partial charge in [-0.3, -0.25) is 14.4 Å². The number of rotatable bonds is 3. The summed E-state index contributed by atoms with van der Waals surface area (Å²) in [5.41, 5.74) is -0.540. The minimum absolute atomic E-state index is 0.0716. The molecule has 28 heavy (non-hydrogen) atoms. The topological polar surface area (TPSA) is 71.3 Å². The number of fused-ring (bicyclic) bond motifs is 1. The van der Waals surface area contributed by atoms with E-state index in [4.69, 9.17) is 0 Å². The molecular weight excluding hydrogens is 371 g/mol. The van der Waals surface area contributed by atoms with Crippen molar-refractivity contribution in [3.05, 3.63) is 64.1 Å². The number of aliphatic imine (C=N–C) groups is 1. The normalized spacial score (nSPS) is 14.1. The third-order valence-electron chi connectivity index (χ3n) is 4.49. The Morgan fingerprint density at radius 2 is 1.89 bits per heavy atom. The SMILES string of the molecule is CNc1c(C2=NCCN2)c(=O)n(-c2ccccc2)c2nc(C(F)(F)F)ccc12. The van der Waals surface area contributed by atoms with Gasteiger partial charge in [0, 0.05) is 19.0 Å². The summed E-state index contributed by atoms with van der Waals surface area (Å²) in [5.74, 6) is 0.417. The molecule has 2 aromatic heterocycles. The van der Waals surface area contributed by atoms with Crippen LogP contribution in [0.25, 0.3) is 16.7 Å². The van der Waals surface area contributed by atoms with Crippen LogP contribution in [-0.4, -0.2) is 35.5 Å². The molecule has 0 saturated carbocycles. The fourth-order valence-electron chi connectivity index (χ4n) is 3.28. The molecular formula is C19H16F3N5O. The molecule has 0 saturated heterocycles. The van der Waals surface area contributed by atoms with Gasteiger partial charge in [0.2, 0.25) is 0 Å². The minimum Gasteiger partial charge on any atom is -0.387 e. The molecule has 0 aliphatic carbocycles. The molecule has 3 heterocycles. The van der Waals surface area contributed by atoms with E-state index in [0.717, 1.165) is 6.07 Å². The van der Waals surface area contributed by atoms with Crippen LogP contribution in [0.5, 0.6) is 0 Å². The first-order valence-corrected chi connectivity index (χ1v) is 8.60. The second-order valence-electron chi connectivity index (χ2n) is 6.20. The molecule has 2 N–H and O–H groups in total. The largest absolute Gasteiger partial charge is 0.433 e. The first-order valence-electron chi connectivity index (χ1n) is 8.60. The molecule has 0 bridgehead atoms. The first kappa shape index (κ1) is 18.0. The summed E-state index contributed by atoms with van der Waals surface area (Å²) < 4.78 is 41.0. The van der Waals surface area contributed by atoms with Crippen molar-refractivity contribution in [3.63, 3.8) is 0 Å². The lowest BCUT2D eigenvalue weighted by molar-refractivity contribution is -0.141. The van der Waals surface area contributed by atoms with Crippen molar-refractivity contribution in [1.29, 1.82) is 0 Å². The van der Waals surface area contributed by atoms with Crippen molar-refractivity contribution < 1.29 is 13.2 Å². The van der Waals surface area contributed by atoms with Gasteiger partial charge in [0.1, 0.15) is 22.7 Å². The average Bonchev–Trinajstić information content (AvgIpc) is 3.20. The highest BCUT2D eigenvalue weighted by Gasteiger charge is 2.33. The van der Waals surface area contributed by atoms with E-state index >= 15 is 0 Å². The second-order valence-corrected chi connectivity index (χ2v) is 6.20. The van der Waals surface area contributed by atoms with Crippen LogP contribution in [0.3, 0.4) is 0 Å². The smallest absolute Gasteiger partial charge is 0.387 e. The second kappa shape index (κ2) is 6.66. The van der Waals surface area contributed by atoms with E-state index < -0.39 is 17.4 Å². The van der Waals surface area contributed by atoms with Crippen LogP contribution in [0.2, 0.25) is 0 Å². The fourth-order valence-corrected chi connectivity index (χ4v) is 3.28. The van der Waals surface area contributed by atoms with Crippen LogP contribution in [0.1, 0.15) is 11.3 Å². The molecule has 0 radical (unpaired) electrons. The number of amidine groups is 1. The van der Waals surface area contributed by atoms with E-state index in [1.807, 2.05) is 0 Å². The highest BCUT2D eigenvalue weighted by molar-refractivity contribution is 6.09. The molecule has 0 unspecified atom stereocenters. The lowest BCUT2D eigenvalue weighted by Gasteiger charge is -2.18. The molecule has 6 nitrogen and oxygen atoms in total. The molecule has 0 fully saturated rings. The number of hydrogen-bond acceptors (Lipinski definition) is 5. The number of para-hydroxylation sites is 1. The summed E-state index contributed by atoms with van der Waals surface area (Å²) in [4.78, 5) is 21.5. The number of halogens is 3. The number of benzene rings is 1. The van der Waals surface area contributed by atoms with Crippen molar-refractivity contribution in [2.45, 2.75) is 6.18 Å². The minimum atomic E-state index is -4.62. The fraction of sp³-hybridized carbons (Fsp3) is 0.211. The lowest BCUT2D eigenvalue weighted by Crippen LogP contribution is -2.33.